The molecule has 1 amide bonds. The zero-order valence-corrected chi connectivity index (χ0v) is 28.4. The van der Waals surface area contributed by atoms with E-state index in [1.807, 2.05) is 6.07 Å². The summed E-state index contributed by atoms with van der Waals surface area (Å²) in [5, 5.41) is 6.36. The van der Waals surface area contributed by atoms with Gasteiger partial charge in [-0.1, -0.05) is 25.3 Å². The van der Waals surface area contributed by atoms with Crippen molar-refractivity contribution in [3.63, 3.8) is 0 Å². The number of rotatable bonds is 9. The third-order valence-electron chi connectivity index (χ3n) is 9.61. The summed E-state index contributed by atoms with van der Waals surface area (Å²) in [6.07, 6.45) is 7.97. The van der Waals surface area contributed by atoms with Crippen molar-refractivity contribution in [3.8, 4) is 0 Å². The third kappa shape index (κ3) is 7.37. The van der Waals surface area contributed by atoms with Crippen LogP contribution in [0.5, 0.6) is 0 Å². The van der Waals surface area contributed by atoms with Crippen LogP contribution in [0.3, 0.4) is 0 Å². The second-order valence-corrected chi connectivity index (χ2v) is 16.4. The van der Waals surface area contributed by atoms with Crippen LogP contribution in [0.15, 0.2) is 47.4 Å². The SMILES string of the molecule is CN(c1ccc(CN2C[C@H]3C[C@@H](C2)N3)cc1C(=O)Nc1ccc(S(=O)(=O)N2CCC(C3CCC3)CC2)cc1)S(C)(=O)=O.Cl.Cl. The lowest BCUT2D eigenvalue weighted by atomic mass is 9.72. The van der Waals surface area contributed by atoms with E-state index in [4.69, 9.17) is 0 Å². The van der Waals surface area contributed by atoms with Gasteiger partial charge >= 0.3 is 0 Å². The van der Waals surface area contributed by atoms with Gasteiger partial charge in [0.15, 0.2) is 0 Å². The van der Waals surface area contributed by atoms with Crippen molar-refractivity contribution in [3.05, 3.63) is 53.6 Å². The predicted octanol–water partition coefficient (Wildman–Crippen LogP) is 3.93. The van der Waals surface area contributed by atoms with Crippen molar-refractivity contribution in [2.45, 2.75) is 62.0 Å². The number of hydrogen-bond acceptors (Lipinski definition) is 7. The Kier molecular flexibility index (Phi) is 11.0. The minimum atomic E-state index is -3.61. The van der Waals surface area contributed by atoms with Gasteiger partial charge in [-0.3, -0.25) is 14.0 Å². The van der Waals surface area contributed by atoms with Crippen LogP contribution in [0.1, 0.15) is 54.4 Å². The van der Waals surface area contributed by atoms with Crippen molar-refractivity contribution in [2.24, 2.45) is 11.8 Å². The van der Waals surface area contributed by atoms with Crippen molar-refractivity contribution < 1.29 is 21.6 Å². The van der Waals surface area contributed by atoms with Crippen molar-refractivity contribution in [1.29, 1.82) is 0 Å². The molecule has 1 saturated carbocycles. The summed E-state index contributed by atoms with van der Waals surface area (Å²) in [6, 6.07) is 12.5. The number of piperidine rings is 2. The molecule has 0 aromatic heterocycles. The number of hydrogen-bond donors (Lipinski definition) is 2. The summed E-state index contributed by atoms with van der Waals surface area (Å²) >= 11 is 0. The average molecular weight is 689 g/mol. The standard InChI is InChI=1S/C30H41N5O5S2.2ClH/c1-33(41(2,37)38)29-11-6-21(18-34-19-25-17-26(20-34)31-25)16-28(29)30(36)32-24-7-9-27(10-8-24)42(39,40)35-14-12-23(13-15-35)22-4-3-5-22;;/h6-11,16,22-23,25-26,31H,3-5,12-15,17-20H2,1-2H3,(H,32,36);2*1H/t25-,26+;;. The summed E-state index contributed by atoms with van der Waals surface area (Å²) in [4.78, 5) is 16.1. The summed E-state index contributed by atoms with van der Waals surface area (Å²) < 4.78 is 54.0. The van der Waals surface area contributed by atoms with E-state index in [-0.39, 0.29) is 41.0 Å². The molecule has 1 aliphatic carbocycles. The Balaban J connectivity index is 0.00000221. The molecule has 244 valence electrons. The summed E-state index contributed by atoms with van der Waals surface area (Å²) in [6.45, 7) is 3.64. The summed E-state index contributed by atoms with van der Waals surface area (Å²) in [7, 11) is -5.79. The highest BCUT2D eigenvalue weighted by Gasteiger charge is 2.37. The van der Waals surface area contributed by atoms with E-state index in [2.05, 4.69) is 15.5 Å². The Morgan fingerprint density at radius 3 is 2.07 bits per heavy atom. The number of benzene rings is 2. The van der Waals surface area contributed by atoms with E-state index < -0.39 is 26.0 Å². The van der Waals surface area contributed by atoms with Crippen molar-refractivity contribution in [1.82, 2.24) is 14.5 Å². The number of carbonyl (C=O) groups excluding carboxylic acids is 1. The Labute approximate surface area is 273 Å². The molecule has 0 spiro atoms. The Morgan fingerprint density at radius 2 is 1.52 bits per heavy atom. The van der Waals surface area contributed by atoms with E-state index in [1.54, 1.807) is 28.6 Å². The Bertz CT molecular complexity index is 1530. The molecule has 0 radical (unpaired) electrons. The van der Waals surface area contributed by atoms with Crippen LogP contribution in [0.25, 0.3) is 0 Å². The smallest absolute Gasteiger partial charge is 0.257 e. The topological polar surface area (TPSA) is 119 Å². The second kappa shape index (κ2) is 13.8. The number of halogens is 2. The van der Waals surface area contributed by atoms with Gasteiger partial charge in [-0.25, -0.2) is 16.8 Å². The van der Waals surface area contributed by atoms with Gasteiger partial charge in [-0.05, 0) is 73.1 Å². The van der Waals surface area contributed by atoms with Crippen LogP contribution in [0, 0.1) is 11.8 Å². The number of nitrogens with zero attached hydrogens (tertiary/aromatic N) is 3. The number of anilines is 2. The number of sulfonamides is 2. The van der Waals surface area contributed by atoms with Gasteiger partial charge in [0.2, 0.25) is 20.0 Å². The second-order valence-electron chi connectivity index (χ2n) is 12.5. The zero-order valence-electron chi connectivity index (χ0n) is 25.1. The minimum absolute atomic E-state index is 0. The number of fused-ring (bicyclic) bond motifs is 2. The van der Waals surface area contributed by atoms with E-state index in [1.165, 1.54) is 44.9 Å². The van der Waals surface area contributed by atoms with E-state index in [9.17, 15) is 21.6 Å². The van der Waals surface area contributed by atoms with Gasteiger partial charge in [0.25, 0.3) is 5.91 Å². The molecule has 2 bridgehead atoms. The first kappa shape index (κ1) is 34.9. The lowest BCUT2D eigenvalue weighted by Gasteiger charge is -2.48. The molecule has 2 aromatic carbocycles. The van der Waals surface area contributed by atoms with Gasteiger partial charge in [0, 0.05) is 57.5 Å². The summed E-state index contributed by atoms with van der Waals surface area (Å²) in [5.41, 5.74) is 1.89. The molecule has 44 heavy (non-hydrogen) atoms. The van der Waals surface area contributed by atoms with Gasteiger partial charge in [0.1, 0.15) is 0 Å². The van der Waals surface area contributed by atoms with Crippen molar-refractivity contribution in [2.75, 3.05) is 49.1 Å². The molecule has 2 aromatic rings. The lowest BCUT2D eigenvalue weighted by Crippen LogP contribution is -2.66. The van der Waals surface area contributed by atoms with Gasteiger partial charge in [-0.2, -0.15) is 4.31 Å². The van der Waals surface area contributed by atoms with Crippen LogP contribution in [-0.4, -0.2) is 83.5 Å². The van der Waals surface area contributed by atoms with Crippen LogP contribution >= 0.6 is 24.8 Å². The molecular formula is C30H43Cl2N5O5S2. The lowest BCUT2D eigenvalue weighted by molar-refractivity contribution is 0.0725. The highest BCUT2D eigenvalue weighted by Crippen LogP contribution is 2.39. The predicted molar refractivity (Wildman–Crippen MR) is 178 cm³/mol. The third-order valence-corrected chi connectivity index (χ3v) is 12.7. The monoisotopic (exact) mass is 687 g/mol. The minimum Gasteiger partial charge on any atom is -0.322 e. The van der Waals surface area contributed by atoms with Gasteiger partial charge < -0.3 is 10.6 Å². The summed E-state index contributed by atoms with van der Waals surface area (Å²) in [5.74, 6) is 0.943. The quantitative estimate of drug-likeness (QED) is 0.410. The largest absolute Gasteiger partial charge is 0.322 e. The van der Waals surface area contributed by atoms with Gasteiger partial charge in [0.05, 0.1) is 22.4 Å². The maximum atomic E-state index is 13.5. The highest BCUT2D eigenvalue weighted by atomic mass is 35.5. The molecule has 4 saturated heterocycles. The number of piperazine rings is 1. The molecule has 4 aliphatic heterocycles. The number of amides is 1. The molecule has 14 heteroatoms. The molecule has 10 nitrogen and oxygen atoms in total. The molecule has 5 aliphatic rings. The van der Waals surface area contributed by atoms with Crippen LogP contribution in [0.4, 0.5) is 11.4 Å². The molecule has 0 unspecified atom stereocenters. The maximum absolute atomic E-state index is 13.5. The van der Waals surface area contributed by atoms with Gasteiger partial charge in [-0.15, -0.1) is 24.8 Å². The van der Waals surface area contributed by atoms with E-state index >= 15 is 0 Å². The molecule has 2 atom stereocenters. The highest BCUT2D eigenvalue weighted by molar-refractivity contribution is 7.92. The fourth-order valence-corrected chi connectivity index (χ4v) is 8.85. The molecule has 5 fully saturated rings. The molecule has 7 rings (SSSR count). The Hall–Kier alpha value is -1.93. The first-order valence-electron chi connectivity index (χ1n) is 14.9. The maximum Gasteiger partial charge on any atom is 0.257 e. The first-order chi connectivity index (χ1) is 20.0. The number of nitrogens with one attached hydrogen (secondary N) is 2. The van der Waals surface area contributed by atoms with E-state index in [0.717, 1.165) is 48.0 Å². The fourth-order valence-electron chi connectivity index (χ4n) is 6.87. The average Bonchev–Trinajstić information content (AvgIpc) is 2.91. The van der Waals surface area contributed by atoms with Crippen LogP contribution in [-0.2, 0) is 26.6 Å². The normalized spacial score (nSPS) is 23.0. The molecule has 4 heterocycles. The Morgan fingerprint density at radius 1 is 0.932 bits per heavy atom. The zero-order chi connectivity index (χ0) is 29.6. The number of carbonyl (C=O) groups is 1. The molecule has 2 N–H and O–H groups in total. The van der Waals surface area contributed by atoms with Crippen LogP contribution < -0.4 is 14.9 Å². The van der Waals surface area contributed by atoms with Crippen LogP contribution in [0.2, 0.25) is 0 Å². The van der Waals surface area contributed by atoms with E-state index in [0.29, 0.717) is 43.3 Å². The fraction of sp³-hybridized carbons (Fsp3) is 0.567. The van der Waals surface area contributed by atoms with Crippen molar-refractivity contribution >= 4 is 62.1 Å². The first-order valence-corrected chi connectivity index (χ1v) is 18.2. The molecular weight excluding hydrogens is 645 g/mol.